The quantitative estimate of drug-likeness (QED) is 0.769. The smallest absolute Gasteiger partial charge is 0.307 e. The number of rotatable bonds is 6. The number of amides is 2. The molecule has 0 unspecified atom stereocenters. The number of aryl methyl sites for hydroxylation is 1. The number of esters is 1. The van der Waals surface area contributed by atoms with Crippen LogP contribution in [0.25, 0.3) is 0 Å². The van der Waals surface area contributed by atoms with Gasteiger partial charge in [0.15, 0.2) is 0 Å². The van der Waals surface area contributed by atoms with Crippen molar-refractivity contribution >= 4 is 34.1 Å². The lowest BCUT2D eigenvalue weighted by Crippen LogP contribution is -2.27. The van der Waals surface area contributed by atoms with Crippen LogP contribution in [-0.2, 0) is 14.3 Å². The van der Waals surface area contributed by atoms with Crippen LogP contribution >= 0.6 is 11.3 Å². The standard InChI is InChI=1S/C17H26N2O4S/c1-10(2)23-13(20)7-8-18-15(21)14-11(3)9-12(24-14)19-16(22)17(4,5)6/h9-10H,7-8H2,1-6H3,(H,18,21)(H,19,22). The molecule has 6 nitrogen and oxygen atoms in total. The van der Waals surface area contributed by atoms with Crippen LogP contribution in [0.4, 0.5) is 5.00 Å². The van der Waals surface area contributed by atoms with E-state index >= 15 is 0 Å². The lowest BCUT2D eigenvalue weighted by atomic mass is 9.96. The van der Waals surface area contributed by atoms with Gasteiger partial charge in [-0.05, 0) is 32.4 Å². The van der Waals surface area contributed by atoms with Crippen molar-refractivity contribution in [1.29, 1.82) is 0 Å². The first-order valence-electron chi connectivity index (χ1n) is 7.90. The van der Waals surface area contributed by atoms with E-state index in [4.69, 9.17) is 4.74 Å². The largest absolute Gasteiger partial charge is 0.463 e. The summed E-state index contributed by atoms with van der Waals surface area (Å²) < 4.78 is 5.01. The molecule has 0 aromatic carbocycles. The molecule has 0 bridgehead atoms. The fourth-order valence-corrected chi connectivity index (χ4v) is 2.73. The van der Waals surface area contributed by atoms with Crippen molar-refractivity contribution in [3.05, 3.63) is 16.5 Å². The van der Waals surface area contributed by atoms with Gasteiger partial charge in [-0.15, -0.1) is 11.3 Å². The van der Waals surface area contributed by atoms with E-state index < -0.39 is 5.41 Å². The normalized spacial score (nSPS) is 11.3. The van der Waals surface area contributed by atoms with Crippen LogP contribution in [-0.4, -0.2) is 30.4 Å². The fourth-order valence-electron chi connectivity index (χ4n) is 1.75. The summed E-state index contributed by atoms with van der Waals surface area (Å²) in [5.41, 5.74) is 0.281. The molecule has 24 heavy (non-hydrogen) atoms. The van der Waals surface area contributed by atoms with Gasteiger partial charge in [0.05, 0.1) is 22.4 Å². The summed E-state index contributed by atoms with van der Waals surface area (Å²) in [6.45, 7) is 11.1. The third-order valence-electron chi connectivity index (χ3n) is 3.02. The summed E-state index contributed by atoms with van der Waals surface area (Å²) in [5.74, 6) is -0.704. The SMILES string of the molecule is Cc1cc(NC(=O)C(C)(C)C)sc1C(=O)NCCC(=O)OC(C)C. The number of hydrogen-bond acceptors (Lipinski definition) is 5. The zero-order chi connectivity index (χ0) is 18.5. The third kappa shape index (κ3) is 6.31. The Kier molecular flexibility index (Phi) is 6.95. The maximum absolute atomic E-state index is 12.2. The highest BCUT2D eigenvalue weighted by Gasteiger charge is 2.23. The average Bonchev–Trinajstić information content (AvgIpc) is 2.77. The van der Waals surface area contributed by atoms with Gasteiger partial charge >= 0.3 is 5.97 Å². The van der Waals surface area contributed by atoms with Crippen LogP contribution in [0.1, 0.15) is 56.3 Å². The lowest BCUT2D eigenvalue weighted by molar-refractivity contribution is -0.147. The molecule has 2 amide bonds. The third-order valence-corrected chi connectivity index (χ3v) is 4.18. The van der Waals surface area contributed by atoms with Crippen LogP contribution in [0.3, 0.4) is 0 Å². The molecule has 0 aliphatic rings. The molecule has 7 heteroatoms. The van der Waals surface area contributed by atoms with E-state index in [-0.39, 0.29) is 36.9 Å². The van der Waals surface area contributed by atoms with E-state index in [0.717, 1.165) is 5.56 Å². The van der Waals surface area contributed by atoms with E-state index in [1.165, 1.54) is 11.3 Å². The number of carbonyl (C=O) groups excluding carboxylic acids is 3. The van der Waals surface area contributed by atoms with Gasteiger partial charge in [-0.1, -0.05) is 20.8 Å². The first kappa shape index (κ1) is 20.2. The van der Waals surface area contributed by atoms with Crippen molar-refractivity contribution in [3.8, 4) is 0 Å². The second kappa shape index (κ2) is 8.28. The molecule has 1 aromatic heterocycles. The Labute approximate surface area is 147 Å². The Morgan fingerprint density at radius 2 is 1.88 bits per heavy atom. The van der Waals surface area contributed by atoms with Crippen molar-refractivity contribution in [2.45, 2.75) is 54.1 Å². The monoisotopic (exact) mass is 354 g/mol. The molecule has 0 saturated carbocycles. The molecule has 1 heterocycles. The number of thiophene rings is 1. The minimum atomic E-state index is -0.503. The molecule has 0 atom stereocenters. The maximum Gasteiger partial charge on any atom is 0.307 e. The lowest BCUT2D eigenvalue weighted by Gasteiger charge is -2.16. The molecular weight excluding hydrogens is 328 g/mol. The van der Waals surface area contributed by atoms with Crippen LogP contribution in [0.5, 0.6) is 0 Å². The Balaban J connectivity index is 2.60. The highest BCUT2D eigenvalue weighted by molar-refractivity contribution is 7.18. The first-order valence-corrected chi connectivity index (χ1v) is 8.72. The molecule has 0 aliphatic carbocycles. The summed E-state index contributed by atoms with van der Waals surface area (Å²) in [6, 6.07) is 1.77. The number of carbonyl (C=O) groups is 3. The van der Waals surface area contributed by atoms with Crippen LogP contribution < -0.4 is 10.6 Å². The maximum atomic E-state index is 12.2. The number of anilines is 1. The minimum absolute atomic E-state index is 0.105. The summed E-state index contributed by atoms with van der Waals surface area (Å²) in [6.07, 6.45) is -0.0381. The molecule has 134 valence electrons. The molecule has 0 spiro atoms. The average molecular weight is 354 g/mol. The zero-order valence-electron chi connectivity index (χ0n) is 15.1. The molecule has 2 N–H and O–H groups in total. The van der Waals surface area contributed by atoms with Crippen molar-refractivity contribution in [3.63, 3.8) is 0 Å². The van der Waals surface area contributed by atoms with Gasteiger partial charge in [-0.25, -0.2) is 0 Å². The van der Waals surface area contributed by atoms with E-state index in [2.05, 4.69) is 10.6 Å². The summed E-state index contributed by atoms with van der Waals surface area (Å²) >= 11 is 1.22. The predicted molar refractivity (Wildman–Crippen MR) is 95.3 cm³/mol. The van der Waals surface area contributed by atoms with E-state index in [0.29, 0.717) is 9.88 Å². The summed E-state index contributed by atoms with van der Waals surface area (Å²) in [5, 5.41) is 6.15. The van der Waals surface area contributed by atoms with Crippen molar-refractivity contribution < 1.29 is 19.1 Å². The predicted octanol–water partition coefficient (Wildman–Crippen LogP) is 3.11. The molecule has 0 aliphatic heterocycles. The topological polar surface area (TPSA) is 84.5 Å². The van der Waals surface area contributed by atoms with Crippen LogP contribution in [0.2, 0.25) is 0 Å². The molecule has 0 fully saturated rings. The Morgan fingerprint density at radius 3 is 2.42 bits per heavy atom. The van der Waals surface area contributed by atoms with Gasteiger partial charge in [-0.2, -0.15) is 0 Å². The van der Waals surface area contributed by atoms with E-state index in [1.54, 1.807) is 19.9 Å². The fraction of sp³-hybridized carbons (Fsp3) is 0.588. The van der Waals surface area contributed by atoms with Gasteiger partial charge in [0.25, 0.3) is 5.91 Å². The van der Waals surface area contributed by atoms with Gasteiger partial charge in [0.2, 0.25) is 5.91 Å². The molecule has 0 saturated heterocycles. The number of nitrogens with one attached hydrogen (secondary N) is 2. The van der Waals surface area contributed by atoms with Gasteiger partial charge in [0.1, 0.15) is 0 Å². The van der Waals surface area contributed by atoms with Gasteiger partial charge in [-0.3, -0.25) is 14.4 Å². The van der Waals surface area contributed by atoms with E-state index in [9.17, 15) is 14.4 Å². The number of hydrogen-bond donors (Lipinski definition) is 2. The van der Waals surface area contributed by atoms with Crippen LogP contribution in [0, 0.1) is 12.3 Å². The minimum Gasteiger partial charge on any atom is -0.463 e. The van der Waals surface area contributed by atoms with Crippen molar-refractivity contribution in [2.24, 2.45) is 5.41 Å². The highest BCUT2D eigenvalue weighted by atomic mass is 32.1. The Morgan fingerprint density at radius 1 is 1.25 bits per heavy atom. The molecule has 1 aromatic rings. The first-order chi connectivity index (χ1) is 11.0. The molecule has 0 radical (unpaired) electrons. The van der Waals surface area contributed by atoms with Crippen molar-refractivity contribution in [2.75, 3.05) is 11.9 Å². The highest BCUT2D eigenvalue weighted by Crippen LogP contribution is 2.28. The van der Waals surface area contributed by atoms with Gasteiger partial charge in [0, 0.05) is 12.0 Å². The molecular formula is C17H26N2O4S. The van der Waals surface area contributed by atoms with Crippen LogP contribution in [0.15, 0.2) is 6.07 Å². The Hall–Kier alpha value is -1.89. The summed E-state index contributed by atoms with van der Waals surface area (Å²) in [7, 11) is 0. The number of ether oxygens (including phenoxy) is 1. The second-order valence-corrected chi connectivity index (χ2v) is 7.92. The zero-order valence-corrected chi connectivity index (χ0v) is 15.9. The van der Waals surface area contributed by atoms with Gasteiger partial charge < -0.3 is 15.4 Å². The second-order valence-electron chi connectivity index (χ2n) is 6.87. The summed E-state index contributed by atoms with van der Waals surface area (Å²) in [4.78, 5) is 36.2. The Bertz CT molecular complexity index is 615. The van der Waals surface area contributed by atoms with Crippen molar-refractivity contribution in [1.82, 2.24) is 5.32 Å². The van der Waals surface area contributed by atoms with E-state index in [1.807, 2.05) is 27.7 Å². The molecule has 1 rings (SSSR count).